The van der Waals surface area contributed by atoms with Gasteiger partial charge in [-0.2, -0.15) is 0 Å². The van der Waals surface area contributed by atoms with Crippen molar-refractivity contribution in [1.82, 2.24) is 4.90 Å². The van der Waals surface area contributed by atoms with Crippen LogP contribution in [0.3, 0.4) is 0 Å². The first-order chi connectivity index (χ1) is 9.20. The van der Waals surface area contributed by atoms with Crippen LogP contribution in [0.25, 0.3) is 0 Å². The van der Waals surface area contributed by atoms with Crippen LogP contribution in [0.4, 0.5) is 4.39 Å². The second kappa shape index (κ2) is 6.63. The maximum Gasteiger partial charge on any atom is 0.253 e. The minimum absolute atomic E-state index is 0.0690. The van der Waals surface area contributed by atoms with Crippen molar-refractivity contribution in [2.24, 2.45) is 0 Å². The van der Waals surface area contributed by atoms with E-state index in [0.717, 1.165) is 6.42 Å². The Balaban J connectivity index is 1.86. The van der Waals surface area contributed by atoms with Gasteiger partial charge in [-0.25, -0.2) is 4.39 Å². The number of likely N-dealkylation sites (tertiary alicyclic amines) is 1. The fourth-order valence-corrected chi connectivity index (χ4v) is 2.12. The van der Waals surface area contributed by atoms with Crippen LogP contribution in [0.5, 0.6) is 0 Å². The first-order valence-corrected chi connectivity index (χ1v) is 6.36. The smallest absolute Gasteiger partial charge is 0.253 e. The maximum atomic E-state index is 12.8. The van der Waals surface area contributed by atoms with Gasteiger partial charge in [-0.1, -0.05) is 0 Å². The van der Waals surface area contributed by atoms with Crippen molar-refractivity contribution in [3.63, 3.8) is 0 Å². The fourth-order valence-electron chi connectivity index (χ4n) is 2.12. The molecule has 1 aliphatic heterocycles. The zero-order valence-electron chi connectivity index (χ0n) is 11.0. The molecule has 1 heterocycles. The number of nitrogens with zero attached hydrogens (tertiary/aromatic N) is 1. The summed E-state index contributed by atoms with van der Waals surface area (Å²) in [4.78, 5) is 13.9. The Morgan fingerprint density at radius 3 is 2.79 bits per heavy atom. The molecule has 0 bridgehead atoms. The van der Waals surface area contributed by atoms with E-state index in [1.54, 1.807) is 12.0 Å². The molecule has 4 nitrogen and oxygen atoms in total. The largest absolute Gasteiger partial charge is 0.382 e. The standard InChI is InChI=1S/C14H18FNO3/c1-18-8-9-19-13-6-7-16(10-13)14(17)11-2-4-12(15)5-3-11/h2-5,13H,6-10H2,1H3. The molecular weight excluding hydrogens is 249 g/mol. The van der Waals surface area contributed by atoms with Crippen LogP contribution in [0.1, 0.15) is 16.8 Å². The molecule has 0 aliphatic carbocycles. The van der Waals surface area contributed by atoms with Gasteiger partial charge in [0.15, 0.2) is 0 Å². The molecule has 0 N–H and O–H groups in total. The average molecular weight is 267 g/mol. The highest BCUT2D eigenvalue weighted by Gasteiger charge is 2.27. The lowest BCUT2D eigenvalue weighted by molar-refractivity contribution is 0.0218. The number of ether oxygens (including phenoxy) is 2. The van der Waals surface area contributed by atoms with Crippen LogP contribution in [-0.2, 0) is 9.47 Å². The SMILES string of the molecule is COCCOC1CCN(C(=O)c2ccc(F)cc2)C1. The number of amides is 1. The average Bonchev–Trinajstić information content (AvgIpc) is 2.88. The van der Waals surface area contributed by atoms with E-state index in [-0.39, 0.29) is 17.8 Å². The van der Waals surface area contributed by atoms with E-state index in [2.05, 4.69) is 0 Å². The van der Waals surface area contributed by atoms with Crippen molar-refractivity contribution in [1.29, 1.82) is 0 Å². The molecule has 2 rings (SSSR count). The van der Waals surface area contributed by atoms with Gasteiger partial charge in [0.2, 0.25) is 0 Å². The van der Waals surface area contributed by atoms with Gasteiger partial charge >= 0.3 is 0 Å². The summed E-state index contributed by atoms with van der Waals surface area (Å²) in [6.45, 7) is 2.36. The number of halogens is 1. The molecule has 104 valence electrons. The summed E-state index contributed by atoms with van der Waals surface area (Å²) >= 11 is 0. The van der Waals surface area contributed by atoms with E-state index >= 15 is 0 Å². The lowest BCUT2D eigenvalue weighted by Gasteiger charge is -2.16. The molecule has 1 fully saturated rings. The molecule has 1 aromatic rings. The summed E-state index contributed by atoms with van der Waals surface area (Å²) in [5.41, 5.74) is 0.513. The first-order valence-electron chi connectivity index (χ1n) is 6.36. The summed E-state index contributed by atoms with van der Waals surface area (Å²) in [5.74, 6) is -0.406. The summed E-state index contributed by atoms with van der Waals surface area (Å²) in [7, 11) is 1.63. The Morgan fingerprint density at radius 2 is 2.11 bits per heavy atom. The lowest BCUT2D eigenvalue weighted by atomic mass is 10.2. The summed E-state index contributed by atoms with van der Waals surface area (Å²) in [6, 6.07) is 5.62. The monoisotopic (exact) mass is 267 g/mol. The zero-order valence-corrected chi connectivity index (χ0v) is 11.0. The fraction of sp³-hybridized carbons (Fsp3) is 0.500. The van der Waals surface area contributed by atoms with Crippen molar-refractivity contribution in [2.45, 2.75) is 12.5 Å². The molecule has 1 amide bonds. The highest BCUT2D eigenvalue weighted by Crippen LogP contribution is 2.16. The van der Waals surface area contributed by atoms with Gasteiger partial charge in [0.05, 0.1) is 19.3 Å². The van der Waals surface area contributed by atoms with Crippen LogP contribution < -0.4 is 0 Å². The predicted molar refractivity (Wildman–Crippen MR) is 68.5 cm³/mol. The van der Waals surface area contributed by atoms with E-state index < -0.39 is 0 Å². The molecule has 5 heteroatoms. The van der Waals surface area contributed by atoms with Crippen molar-refractivity contribution >= 4 is 5.91 Å². The molecule has 1 atom stereocenters. The predicted octanol–water partition coefficient (Wildman–Crippen LogP) is 1.70. The highest BCUT2D eigenvalue weighted by molar-refractivity contribution is 5.94. The van der Waals surface area contributed by atoms with Gasteiger partial charge in [0.25, 0.3) is 5.91 Å². The quantitative estimate of drug-likeness (QED) is 0.762. The molecule has 0 spiro atoms. The van der Waals surface area contributed by atoms with E-state index in [1.165, 1.54) is 24.3 Å². The number of benzene rings is 1. The van der Waals surface area contributed by atoms with Gasteiger partial charge in [-0.3, -0.25) is 4.79 Å². The molecule has 1 aromatic carbocycles. The summed E-state index contributed by atoms with van der Waals surface area (Å²) in [5, 5.41) is 0. The van der Waals surface area contributed by atoms with Gasteiger partial charge in [-0.05, 0) is 30.7 Å². The second-order valence-corrected chi connectivity index (χ2v) is 4.53. The third-order valence-corrected chi connectivity index (χ3v) is 3.16. The van der Waals surface area contributed by atoms with Gasteiger partial charge < -0.3 is 14.4 Å². The third kappa shape index (κ3) is 3.75. The van der Waals surface area contributed by atoms with E-state index in [4.69, 9.17) is 9.47 Å². The third-order valence-electron chi connectivity index (χ3n) is 3.16. The number of rotatable bonds is 5. The van der Waals surface area contributed by atoms with Crippen LogP contribution in [0.2, 0.25) is 0 Å². The van der Waals surface area contributed by atoms with Crippen molar-refractivity contribution in [3.05, 3.63) is 35.6 Å². The summed E-state index contributed by atoms with van der Waals surface area (Å²) in [6.07, 6.45) is 0.899. The maximum absolute atomic E-state index is 12.8. The molecule has 0 radical (unpaired) electrons. The van der Waals surface area contributed by atoms with Crippen LogP contribution in [-0.4, -0.2) is 50.3 Å². The van der Waals surface area contributed by atoms with Crippen molar-refractivity contribution < 1.29 is 18.7 Å². The molecular formula is C14H18FNO3. The second-order valence-electron chi connectivity index (χ2n) is 4.53. The number of hydrogen-bond donors (Lipinski definition) is 0. The Labute approximate surface area is 112 Å². The highest BCUT2D eigenvalue weighted by atomic mass is 19.1. The molecule has 19 heavy (non-hydrogen) atoms. The molecule has 0 aromatic heterocycles. The van der Waals surface area contributed by atoms with Crippen molar-refractivity contribution in [2.75, 3.05) is 33.4 Å². The molecule has 1 aliphatic rings. The Hall–Kier alpha value is -1.46. The van der Waals surface area contributed by atoms with Gasteiger partial charge in [0.1, 0.15) is 5.82 Å². The zero-order chi connectivity index (χ0) is 13.7. The topological polar surface area (TPSA) is 38.8 Å². The minimum atomic E-state index is -0.334. The van der Waals surface area contributed by atoms with Gasteiger partial charge in [-0.15, -0.1) is 0 Å². The lowest BCUT2D eigenvalue weighted by Crippen LogP contribution is -2.30. The Morgan fingerprint density at radius 1 is 1.37 bits per heavy atom. The Kier molecular flexibility index (Phi) is 4.87. The number of methoxy groups -OCH3 is 1. The first kappa shape index (κ1) is 14.0. The number of carbonyl (C=O) groups excluding carboxylic acids is 1. The molecule has 1 unspecified atom stereocenters. The Bertz CT molecular complexity index is 421. The van der Waals surface area contributed by atoms with Crippen molar-refractivity contribution in [3.8, 4) is 0 Å². The van der Waals surface area contributed by atoms with E-state index in [9.17, 15) is 9.18 Å². The normalized spacial score (nSPS) is 18.8. The van der Waals surface area contributed by atoms with E-state index in [0.29, 0.717) is 31.9 Å². The minimum Gasteiger partial charge on any atom is -0.382 e. The number of carbonyl (C=O) groups is 1. The number of hydrogen-bond acceptors (Lipinski definition) is 3. The molecule has 1 saturated heterocycles. The molecule has 0 saturated carbocycles. The van der Waals surface area contributed by atoms with E-state index in [1.807, 2.05) is 0 Å². The van der Waals surface area contributed by atoms with Crippen LogP contribution in [0.15, 0.2) is 24.3 Å². The summed E-state index contributed by atoms with van der Waals surface area (Å²) < 4.78 is 23.3. The van der Waals surface area contributed by atoms with Crippen LogP contribution in [0, 0.1) is 5.82 Å². The van der Waals surface area contributed by atoms with Crippen LogP contribution >= 0.6 is 0 Å². The van der Waals surface area contributed by atoms with Gasteiger partial charge in [0, 0.05) is 25.8 Å².